The van der Waals surface area contributed by atoms with Crippen molar-refractivity contribution in [1.29, 1.82) is 0 Å². The zero-order valence-electron chi connectivity index (χ0n) is 24.6. The van der Waals surface area contributed by atoms with Gasteiger partial charge in [0.1, 0.15) is 12.6 Å². The van der Waals surface area contributed by atoms with Gasteiger partial charge in [0.25, 0.3) is 0 Å². The number of anilines is 1. The van der Waals surface area contributed by atoms with Crippen molar-refractivity contribution in [3.05, 3.63) is 99.5 Å². The third-order valence-electron chi connectivity index (χ3n) is 7.86. The lowest BCUT2D eigenvalue weighted by Crippen LogP contribution is -2.55. The van der Waals surface area contributed by atoms with E-state index in [9.17, 15) is 18.0 Å². The highest BCUT2D eigenvalue weighted by molar-refractivity contribution is 9.10. The molecule has 0 radical (unpaired) electrons. The van der Waals surface area contributed by atoms with Crippen LogP contribution in [0.2, 0.25) is 0 Å². The molecule has 1 N–H and O–H groups in total. The van der Waals surface area contributed by atoms with Crippen LogP contribution < -0.4 is 9.62 Å². The zero-order valence-corrected chi connectivity index (χ0v) is 27.0. The molecule has 1 atom stereocenters. The highest BCUT2D eigenvalue weighted by atomic mass is 79.9. The Labute approximate surface area is 258 Å². The average molecular weight is 655 g/mol. The number of para-hydroxylation sites is 1. The third kappa shape index (κ3) is 8.44. The topological polar surface area (TPSA) is 86.8 Å². The maximum atomic E-state index is 14.3. The van der Waals surface area contributed by atoms with Crippen molar-refractivity contribution in [2.24, 2.45) is 0 Å². The molecule has 224 valence electrons. The molecule has 0 aromatic heterocycles. The summed E-state index contributed by atoms with van der Waals surface area (Å²) in [5.74, 6) is -0.653. The lowest BCUT2D eigenvalue weighted by molar-refractivity contribution is -0.140. The Kier molecular flexibility index (Phi) is 10.8. The number of hydrogen-bond acceptors (Lipinski definition) is 4. The van der Waals surface area contributed by atoms with Gasteiger partial charge in [0.05, 0.1) is 11.9 Å². The molecule has 0 unspecified atom stereocenters. The van der Waals surface area contributed by atoms with Crippen molar-refractivity contribution < 1.29 is 18.0 Å². The molecule has 1 fully saturated rings. The van der Waals surface area contributed by atoms with Gasteiger partial charge < -0.3 is 10.2 Å². The molecule has 42 heavy (non-hydrogen) atoms. The summed E-state index contributed by atoms with van der Waals surface area (Å²) in [6.07, 6.45) is 6.54. The SMILES string of the molecule is Cc1cccc(C)c1N(CC(=O)N(Cc1ccc(Br)cc1)[C@H](Cc1ccccc1)C(=O)NC1CCCCC1)S(C)(=O)=O. The quantitative estimate of drug-likeness (QED) is 0.278. The smallest absolute Gasteiger partial charge is 0.244 e. The first-order valence-electron chi connectivity index (χ1n) is 14.4. The molecule has 0 spiro atoms. The number of carbonyl (C=O) groups is 2. The Bertz CT molecular complexity index is 1450. The molecule has 7 nitrogen and oxygen atoms in total. The molecular formula is C33H40BrN3O4S. The van der Waals surface area contributed by atoms with Gasteiger partial charge in [-0.3, -0.25) is 13.9 Å². The van der Waals surface area contributed by atoms with E-state index >= 15 is 0 Å². The summed E-state index contributed by atoms with van der Waals surface area (Å²) in [5.41, 5.74) is 3.76. The molecule has 1 saturated carbocycles. The number of nitrogens with one attached hydrogen (secondary N) is 1. The predicted octanol–water partition coefficient (Wildman–Crippen LogP) is 5.92. The summed E-state index contributed by atoms with van der Waals surface area (Å²) in [7, 11) is -3.82. The standard InChI is InChI=1S/C33H40BrN3O4S/c1-24-11-10-12-25(2)32(24)37(42(3,40)41)23-31(38)36(22-27-17-19-28(34)20-18-27)30(21-26-13-6-4-7-14-26)33(39)35-29-15-8-5-9-16-29/h4,6-7,10-14,17-20,29-30H,5,8-9,15-16,21-23H2,1-3H3,(H,35,39)/t30-/m1/s1. The summed E-state index contributed by atoms with van der Waals surface area (Å²) in [6.45, 7) is 3.41. The second kappa shape index (κ2) is 14.3. The van der Waals surface area contributed by atoms with Gasteiger partial charge in [0, 0.05) is 23.5 Å². The number of rotatable bonds is 11. The van der Waals surface area contributed by atoms with Crippen molar-refractivity contribution in [3.8, 4) is 0 Å². The van der Waals surface area contributed by atoms with Gasteiger partial charge in [-0.25, -0.2) is 8.42 Å². The number of hydrogen-bond donors (Lipinski definition) is 1. The summed E-state index contributed by atoms with van der Waals surface area (Å²) < 4.78 is 28.3. The minimum absolute atomic E-state index is 0.0660. The molecule has 0 heterocycles. The van der Waals surface area contributed by atoms with E-state index in [0.29, 0.717) is 12.1 Å². The Balaban J connectivity index is 1.74. The van der Waals surface area contributed by atoms with E-state index in [1.54, 1.807) is 4.90 Å². The number of nitrogens with zero attached hydrogens (tertiary/aromatic N) is 2. The Morgan fingerprint density at radius 2 is 1.50 bits per heavy atom. The number of sulfonamides is 1. The second-order valence-electron chi connectivity index (χ2n) is 11.2. The van der Waals surface area contributed by atoms with E-state index in [2.05, 4.69) is 21.2 Å². The minimum Gasteiger partial charge on any atom is -0.352 e. The molecule has 4 rings (SSSR count). The summed E-state index contributed by atoms with van der Waals surface area (Å²) in [6, 6.07) is 22.0. The number of carbonyl (C=O) groups excluding carboxylic acids is 2. The van der Waals surface area contributed by atoms with Gasteiger partial charge in [0.15, 0.2) is 0 Å². The number of halogens is 1. The van der Waals surface area contributed by atoms with Crippen molar-refractivity contribution in [1.82, 2.24) is 10.2 Å². The molecule has 0 saturated heterocycles. The van der Waals surface area contributed by atoms with Crippen LogP contribution in [0.1, 0.15) is 54.4 Å². The van der Waals surface area contributed by atoms with E-state index in [1.807, 2.05) is 86.6 Å². The molecule has 3 aromatic carbocycles. The summed E-state index contributed by atoms with van der Waals surface area (Å²) in [4.78, 5) is 29.9. The van der Waals surface area contributed by atoms with Crippen LogP contribution in [0.5, 0.6) is 0 Å². The molecule has 2 amide bonds. The molecule has 1 aliphatic rings. The van der Waals surface area contributed by atoms with Crippen LogP contribution in [0.3, 0.4) is 0 Å². The van der Waals surface area contributed by atoms with Crippen LogP contribution in [0.4, 0.5) is 5.69 Å². The van der Waals surface area contributed by atoms with Crippen molar-refractivity contribution in [3.63, 3.8) is 0 Å². The van der Waals surface area contributed by atoms with Crippen LogP contribution in [0.15, 0.2) is 77.3 Å². The maximum absolute atomic E-state index is 14.3. The Morgan fingerprint density at radius 3 is 2.10 bits per heavy atom. The fraction of sp³-hybridized carbons (Fsp3) is 0.394. The number of aryl methyl sites for hydroxylation is 2. The van der Waals surface area contributed by atoms with Crippen molar-refractivity contribution in [2.45, 2.75) is 71.0 Å². The first kappa shape index (κ1) is 31.8. The van der Waals surface area contributed by atoms with Gasteiger partial charge >= 0.3 is 0 Å². The summed E-state index contributed by atoms with van der Waals surface area (Å²) in [5, 5.41) is 3.23. The van der Waals surface area contributed by atoms with Crippen molar-refractivity contribution in [2.75, 3.05) is 17.1 Å². The third-order valence-corrected chi connectivity index (χ3v) is 9.50. The van der Waals surface area contributed by atoms with E-state index in [-0.39, 0.29) is 18.5 Å². The van der Waals surface area contributed by atoms with Gasteiger partial charge in [-0.2, -0.15) is 0 Å². The van der Waals surface area contributed by atoms with E-state index < -0.39 is 28.5 Å². The van der Waals surface area contributed by atoms with Crippen LogP contribution >= 0.6 is 15.9 Å². The van der Waals surface area contributed by atoms with Crippen LogP contribution in [0, 0.1) is 13.8 Å². The molecule has 3 aromatic rings. The molecule has 0 bridgehead atoms. The van der Waals surface area contributed by atoms with Crippen LogP contribution in [-0.4, -0.2) is 50.0 Å². The largest absolute Gasteiger partial charge is 0.352 e. The number of amides is 2. The lowest BCUT2D eigenvalue weighted by atomic mass is 9.94. The molecular weight excluding hydrogens is 614 g/mol. The normalized spacial score (nSPS) is 14.7. The van der Waals surface area contributed by atoms with Gasteiger partial charge in [-0.1, -0.05) is 95.9 Å². The maximum Gasteiger partial charge on any atom is 0.244 e. The molecule has 1 aliphatic carbocycles. The van der Waals surface area contributed by atoms with Gasteiger partial charge in [-0.15, -0.1) is 0 Å². The lowest BCUT2D eigenvalue weighted by Gasteiger charge is -2.35. The average Bonchev–Trinajstić information content (AvgIpc) is 2.95. The minimum atomic E-state index is -3.82. The molecule has 0 aliphatic heterocycles. The monoisotopic (exact) mass is 653 g/mol. The Hall–Kier alpha value is -3.17. The molecule has 9 heteroatoms. The first-order chi connectivity index (χ1) is 20.0. The predicted molar refractivity (Wildman–Crippen MR) is 172 cm³/mol. The number of benzene rings is 3. The van der Waals surface area contributed by atoms with E-state index in [0.717, 1.165) is 65.1 Å². The summed E-state index contributed by atoms with van der Waals surface area (Å²) >= 11 is 3.47. The fourth-order valence-electron chi connectivity index (χ4n) is 5.66. The van der Waals surface area contributed by atoms with Gasteiger partial charge in [-0.05, 0) is 61.1 Å². The van der Waals surface area contributed by atoms with Crippen LogP contribution in [0.25, 0.3) is 0 Å². The van der Waals surface area contributed by atoms with E-state index in [4.69, 9.17) is 0 Å². The first-order valence-corrected chi connectivity index (χ1v) is 17.1. The Morgan fingerprint density at radius 1 is 0.881 bits per heavy atom. The highest BCUT2D eigenvalue weighted by Crippen LogP contribution is 2.28. The van der Waals surface area contributed by atoms with Crippen LogP contribution in [-0.2, 0) is 32.6 Å². The second-order valence-corrected chi connectivity index (χ2v) is 14.0. The highest BCUT2D eigenvalue weighted by Gasteiger charge is 2.34. The zero-order chi connectivity index (χ0) is 30.3. The van der Waals surface area contributed by atoms with E-state index in [1.165, 1.54) is 4.31 Å². The van der Waals surface area contributed by atoms with Crippen molar-refractivity contribution >= 4 is 43.5 Å². The fourth-order valence-corrected chi connectivity index (χ4v) is 6.89. The van der Waals surface area contributed by atoms with Gasteiger partial charge in [0.2, 0.25) is 21.8 Å².